The molecule has 1 unspecified atom stereocenters. The second-order valence-electron chi connectivity index (χ2n) is 8.68. The second-order valence-corrected chi connectivity index (χ2v) is 9.66. The van der Waals surface area contributed by atoms with E-state index in [0.29, 0.717) is 24.0 Å². The zero-order chi connectivity index (χ0) is 19.6. The van der Waals surface area contributed by atoms with Crippen molar-refractivity contribution in [3.05, 3.63) is 22.1 Å². The number of carbonyl (C=O) groups is 1. The summed E-state index contributed by atoms with van der Waals surface area (Å²) in [6.07, 6.45) is 5.53. The highest BCUT2D eigenvalue weighted by Gasteiger charge is 2.34. The van der Waals surface area contributed by atoms with Gasteiger partial charge in [0.2, 0.25) is 5.91 Å². The number of hydrogen-bond acceptors (Lipinski definition) is 5. The van der Waals surface area contributed by atoms with Gasteiger partial charge < -0.3 is 10.0 Å². The summed E-state index contributed by atoms with van der Waals surface area (Å²) in [4.78, 5) is 32.4. The third kappa shape index (κ3) is 4.57. The van der Waals surface area contributed by atoms with Crippen LogP contribution in [-0.2, 0) is 16.8 Å². The van der Waals surface area contributed by atoms with Crippen LogP contribution in [0.5, 0.6) is 0 Å². The summed E-state index contributed by atoms with van der Waals surface area (Å²) < 4.78 is 1.64. The number of amides is 1. The van der Waals surface area contributed by atoms with Crippen LogP contribution in [-0.4, -0.2) is 50.4 Å². The fourth-order valence-corrected chi connectivity index (χ4v) is 5.03. The van der Waals surface area contributed by atoms with Crippen molar-refractivity contribution in [3.63, 3.8) is 0 Å². The van der Waals surface area contributed by atoms with Gasteiger partial charge in [-0.25, -0.2) is 4.98 Å². The van der Waals surface area contributed by atoms with Crippen LogP contribution in [0.15, 0.2) is 16.0 Å². The van der Waals surface area contributed by atoms with Crippen LogP contribution in [0.3, 0.4) is 0 Å². The number of aromatic nitrogens is 2. The summed E-state index contributed by atoms with van der Waals surface area (Å²) in [5.41, 5.74) is 0.530. The molecule has 1 aromatic rings. The molecule has 1 atom stereocenters. The van der Waals surface area contributed by atoms with Crippen molar-refractivity contribution in [3.8, 4) is 0 Å². The molecule has 0 saturated heterocycles. The zero-order valence-electron chi connectivity index (χ0n) is 16.6. The van der Waals surface area contributed by atoms with Gasteiger partial charge >= 0.3 is 0 Å². The Kier molecular flexibility index (Phi) is 6.31. The SMILES string of the molecule is CC(C)(C)c1cc(=O)n2c(n1)SCC(C(=O)N(CCO)C1CCCCC1)C2. The van der Waals surface area contributed by atoms with E-state index in [2.05, 4.69) is 4.98 Å². The van der Waals surface area contributed by atoms with Crippen molar-refractivity contribution in [1.82, 2.24) is 14.5 Å². The Morgan fingerprint density at radius 2 is 2.04 bits per heavy atom. The quantitative estimate of drug-likeness (QED) is 0.795. The molecule has 0 spiro atoms. The van der Waals surface area contributed by atoms with Crippen LogP contribution >= 0.6 is 11.8 Å². The van der Waals surface area contributed by atoms with E-state index in [1.54, 1.807) is 10.6 Å². The molecule has 1 saturated carbocycles. The van der Waals surface area contributed by atoms with E-state index in [-0.39, 0.29) is 35.4 Å². The number of nitrogens with zero attached hydrogens (tertiary/aromatic N) is 3. The first-order valence-corrected chi connectivity index (χ1v) is 11.0. The number of hydrogen-bond donors (Lipinski definition) is 1. The van der Waals surface area contributed by atoms with Gasteiger partial charge in [-0.15, -0.1) is 0 Å². The van der Waals surface area contributed by atoms with Gasteiger partial charge in [0, 0.05) is 36.4 Å². The lowest BCUT2D eigenvalue weighted by molar-refractivity contribution is -0.139. The molecule has 0 bridgehead atoms. The van der Waals surface area contributed by atoms with E-state index in [0.717, 1.165) is 31.4 Å². The maximum Gasteiger partial charge on any atom is 0.254 e. The molecule has 0 aromatic carbocycles. The van der Waals surface area contributed by atoms with Crippen molar-refractivity contribution in [1.29, 1.82) is 0 Å². The van der Waals surface area contributed by atoms with Crippen LogP contribution in [0.25, 0.3) is 0 Å². The first-order chi connectivity index (χ1) is 12.8. The Morgan fingerprint density at radius 1 is 1.33 bits per heavy atom. The Morgan fingerprint density at radius 3 is 2.67 bits per heavy atom. The van der Waals surface area contributed by atoms with Gasteiger partial charge in [0.15, 0.2) is 5.16 Å². The second kappa shape index (κ2) is 8.35. The predicted octanol–water partition coefficient (Wildman–Crippen LogP) is 2.42. The molecule has 1 aliphatic carbocycles. The van der Waals surface area contributed by atoms with Crippen molar-refractivity contribution in [2.45, 2.75) is 76.0 Å². The summed E-state index contributed by atoms with van der Waals surface area (Å²) in [6, 6.07) is 1.83. The number of aliphatic hydroxyl groups excluding tert-OH is 1. The molecule has 1 aromatic heterocycles. The topological polar surface area (TPSA) is 75.4 Å². The summed E-state index contributed by atoms with van der Waals surface area (Å²) in [6.45, 7) is 6.88. The van der Waals surface area contributed by atoms with Gasteiger partial charge in [0.1, 0.15) is 0 Å². The molecule has 0 radical (unpaired) electrons. The average molecular weight is 394 g/mol. The molecule has 2 aliphatic rings. The largest absolute Gasteiger partial charge is 0.395 e. The number of carbonyl (C=O) groups excluding carboxylic acids is 1. The predicted molar refractivity (Wildman–Crippen MR) is 107 cm³/mol. The first-order valence-electron chi connectivity index (χ1n) is 9.97. The summed E-state index contributed by atoms with van der Waals surface area (Å²) in [7, 11) is 0. The minimum atomic E-state index is -0.240. The maximum atomic E-state index is 13.2. The Bertz CT molecular complexity index is 735. The smallest absolute Gasteiger partial charge is 0.254 e. The molecule has 150 valence electrons. The van der Waals surface area contributed by atoms with Crippen molar-refractivity contribution in [2.24, 2.45) is 5.92 Å². The van der Waals surface area contributed by atoms with Crippen molar-refractivity contribution in [2.75, 3.05) is 18.9 Å². The molecule has 6 nitrogen and oxygen atoms in total. The minimum absolute atomic E-state index is 0.0187. The van der Waals surface area contributed by atoms with E-state index < -0.39 is 0 Å². The Balaban J connectivity index is 1.79. The Labute approximate surface area is 165 Å². The van der Waals surface area contributed by atoms with E-state index in [4.69, 9.17) is 0 Å². The van der Waals surface area contributed by atoms with Gasteiger partial charge in [-0.05, 0) is 12.8 Å². The van der Waals surface area contributed by atoms with Crippen LogP contribution < -0.4 is 5.56 Å². The summed E-state index contributed by atoms with van der Waals surface area (Å²) >= 11 is 1.49. The lowest BCUT2D eigenvalue weighted by Crippen LogP contribution is -2.48. The lowest BCUT2D eigenvalue weighted by Gasteiger charge is -2.37. The van der Waals surface area contributed by atoms with E-state index in [1.165, 1.54) is 18.2 Å². The maximum absolute atomic E-state index is 13.2. The molecule has 1 amide bonds. The highest BCUT2D eigenvalue weighted by molar-refractivity contribution is 7.99. The van der Waals surface area contributed by atoms with Gasteiger partial charge in [0.05, 0.1) is 18.2 Å². The fraction of sp³-hybridized carbons (Fsp3) is 0.750. The fourth-order valence-electron chi connectivity index (χ4n) is 3.95. The number of fused-ring (bicyclic) bond motifs is 1. The Hall–Kier alpha value is -1.34. The van der Waals surface area contributed by atoms with Crippen LogP contribution in [0.4, 0.5) is 0 Å². The van der Waals surface area contributed by atoms with Gasteiger partial charge in [-0.1, -0.05) is 51.8 Å². The highest BCUT2D eigenvalue weighted by Crippen LogP contribution is 2.30. The van der Waals surface area contributed by atoms with Crippen LogP contribution in [0.1, 0.15) is 58.6 Å². The van der Waals surface area contributed by atoms with Gasteiger partial charge in [-0.3, -0.25) is 14.2 Å². The van der Waals surface area contributed by atoms with E-state index in [9.17, 15) is 14.7 Å². The summed E-state index contributed by atoms with van der Waals surface area (Å²) in [5, 5.41) is 10.2. The average Bonchev–Trinajstić information content (AvgIpc) is 2.65. The highest BCUT2D eigenvalue weighted by atomic mass is 32.2. The molecule has 27 heavy (non-hydrogen) atoms. The molecule has 1 aliphatic heterocycles. The molecular weight excluding hydrogens is 362 g/mol. The van der Waals surface area contributed by atoms with Gasteiger partial charge in [-0.2, -0.15) is 0 Å². The van der Waals surface area contributed by atoms with E-state index in [1.807, 2.05) is 25.7 Å². The van der Waals surface area contributed by atoms with E-state index >= 15 is 0 Å². The number of rotatable bonds is 4. The number of thioether (sulfide) groups is 1. The monoisotopic (exact) mass is 393 g/mol. The standard InChI is InChI=1S/C20H31N3O3S/c1-20(2,3)16-11-17(25)23-12-14(13-27-19(23)21-16)18(26)22(9-10-24)15-7-5-4-6-8-15/h11,14-15,24H,4-10,12-13H2,1-3H3. The molecular formula is C20H31N3O3S. The van der Waals surface area contributed by atoms with Crippen molar-refractivity contribution < 1.29 is 9.90 Å². The molecule has 2 heterocycles. The third-order valence-corrected chi connectivity index (χ3v) is 6.69. The number of aliphatic hydroxyl groups is 1. The minimum Gasteiger partial charge on any atom is -0.395 e. The lowest BCUT2D eigenvalue weighted by atomic mass is 9.92. The van der Waals surface area contributed by atoms with Crippen LogP contribution in [0.2, 0.25) is 0 Å². The third-order valence-electron chi connectivity index (χ3n) is 5.55. The molecule has 7 heteroatoms. The molecule has 1 fully saturated rings. The van der Waals surface area contributed by atoms with Crippen LogP contribution in [0, 0.1) is 5.92 Å². The summed E-state index contributed by atoms with van der Waals surface area (Å²) in [5.74, 6) is 0.463. The normalized spacial score (nSPS) is 21.0. The molecule has 1 N–H and O–H groups in total. The van der Waals surface area contributed by atoms with Gasteiger partial charge in [0.25, 0.3) is 5.56 Å². The van der Waals surface area contributed by atoms with Crippen molar-refractivity contribution >= 4 is 17.7 Å². The zero-order valence-corrected chi connectivity index (χ0v) is 17.4. The molecule has 3 rings (SSSR count). The first kappa shape index (κ1) is 20.4.